The van der Waals surface area contributed by atoms with E-state index in [0.29, 0.717) is 41.3 Å². The zero-order valence-corrected chi connectivity index (χ0v) is 19.5. The van der Waals surface area contributed by atoms with Gasteiger partial charge >= 0.3 is 5.91 Å². The summed E-state index contributed by atoms with van der Waals surface area (Å²) in [7, 11) is 1.67. The van der Waals surface area contributed by atoms with Crippen molar-refractivity contribution in [1.82, 2.24) is 29.4 Å². The van der Waals surface area contributed by atoms with Crippen LogP contribution >= 0.6 is 0 Å². The number of rotatable bonds is 3. The number of fused-ring (bicyclic) bond motifs is 2. The van der Waals surface area contributed by atoms with Crippen LogP contribution in [-0.4, -0.2) is 41.8 Å². The molecule has 3 aromatic heterocycles. The molecule has 6 rings (SSSR count). The molecule has 1 aliphatic carbocycles. The third kappa shape index (κ3) is 3.24. The highest BCUT2D eigenvalue weighted by molar-refractivity contribution is 5.98. The first-order valence-corrected chi connectivity index (χ1v) is 11.5. The van der Waals surface area contributed by atoms with E-state index in [0.717, 1.165) is 30.5 Å². The van der Waals surface area contributed by atoms with Gasteiger partial charge in [-0.2, -0.15) is 5.10 Å². The van der Waals surface area contributed by atoms with Gasteiger partial charge < -0.3 is 4.90 Å². The maximum absolute atomic E-state index is 14.0. The van der Waals surface area contributed by atoms with E-state index in [4.69, 9.17) is 0 Å². The van der Waals surface area contributed by atoms with Crippen LogP contribution in [0.15, 0.2) is 24.5 Å². The van der Waals surface area contributed by atoms with Gasteiger partial charge in [0.05, 0.1) is 34.5 Å². The first kappa shape index (κ1) is 21.8. The van der Waals surface area contributed by atoms with Crippen molar-refractivity contribution in [2.24, 2.45) is 7.05 Å². The lowest BCUT2D eigenvalue weighted by Crippen LogP contribution is -2.47. The number of benzene rings is 1. The van der Waals surface area contributed by atoms with Gasteiger partial charge in [0.25, 0.3) is 5.69 Å². The second kappa shape index (κ2) is 7.62. The molecule has 8 nitrogen and oxygen atoms in total. The second-order valence-corrected chi connectivity index (χ2v) is 9.23. The molecule has 35 heavy (non-hydrogen) atoms. The minimum Gasteiger partial charge on any atom is -0.327 e. The van der Waals surface area contributed by atoms with Crippen LogP contribution in [0.3, 0.4) is 0 Å². The van der Waals surface area contributed by atoms with E-state index in [9.17, 15) is 18.0 Å². The summed E-state index contributed by atoms with van der Waals surface area (Å²) in [5, 5.41) is 9.22. The van der Waals surface area contributed by atoms with E-state index < -0.39 is 17.5 Å². The number of halogens is 3. The van der Waals surface area contributed by atoms with Crippen molar-refractivity contribution in [2.45, 2.75) is 45.2 Å². The summed E-state index contributed by atoms with van der Waals surface area (Å²) in [5.74, 6) is -4.17. The van der Waals surface area contributed by atoms with Gasteiger partial charge in [-0.05, 0) is 45.2 Å². The fraction of sp³-hybridized carbons (Fsp3) is 0.375. The molecular formula is C24H23F3N7O+. The van der Waals surface area contributed by atoms with Crippen LogP contribution in [0.4, 0.5) is 13.2 Å². The fourth-order valence-corrected chi connectivity index (χ4v) is 5.11. The molecule has 180 valence electrons. The van der Waals surface area contributed by atoms with Crippen LogP contribution in [-0.2, 0) is 13.5 Å². The largest absolute Gasteiger partial charge is 0.327 e. The zero-order chi connectivity index (χ0) is 24.6. The maximum atomic E-state index is 14.0. The molecule has 0 radical (unpaired) electrons. The van der Waals surface area contributed by atoms with E-state index in [1.165, 1.54) is 4.68 Å². The SMILES string of the molecule is Cc1nccn2n[n+](C3CC3)c(C(=O)N3CCc4c(nn(C)c4-c4cc(F)c(F)c(F)c4)[C@@H]3C)c12. The highest BCUT2D eigenvalue weighted by atomic mass is 19.2. The molecule has 1 saturated carbocycles. The third-order valence-electron chi connectivity index (χ3n) is 6.95. The first-order valence-electron chi connectivity index (χ1n) is 11.5. The third-order valence-corrected chi connectivity index (χ3v) is 6.95. The topological polar surface area (TPSA) is 72.2 Å². The number of amides is 1. The predicted octanol–water partition coefficient (Wildman–Crippen LogP) is 3.24. The quantitative estimate of drug-likeness (QED) is 0.332. The van der Waals surface area contributed by atoms with Crippen molar-refractivity contribution < 1.29 is 22.6 Å². The van der Waals surface area contributed by atoms with Crippen molar-refractivity contribution >= 4 is 11.4 Å². The van der Waals surface area contributed by atoms with E-state index >= 15 is 0 Å². The molecular weight excluding hydrogens is 459 g/mol. The zero-order valence-electron chi connectivity index (χ0n) is 19.5. The molecule has 1 atom stereocenters. The monoisotopic (exact) mass is 482 g/mol. The summed E-state index contributed by atoms with van der Waals surface area (Å²) in [6, 6.07) is 1.76. The molecule has 1 aromatic carbocycles. The Bertz CT molecular complexity index is 1500. The Morgan fingerprint density at radius 1 is 1.17 bits per heavy atom. The number of carbonyl (C=O) groups excluding carboxylic acids is 1. The Hall–Kier alpha value is -3.76. The smallest absolute Gasteiger partial charge is 0.301 e. The van der Waals surface area contributed by atoms with Gasteiger partial charge in [0.1, 0.15) is 12.2 Å². The summed E-state index contributed by atoms with van der Waals surface area (Å²) in [5.41, 5.74) is 4.07. The van der Waals surface area contributed by atoms with Crippen molar-refractivity contribution in [2.75, 3.05) is 6.54 Å². The summed E-state index contributed by atoms with van der Waals surface area (Å²) < 4.78 is 46.5. The number of nitrogens with zero attached hydrogens (tertiary/aromatic N) is 7. The summed E-state index contributed by atoms with van der Waals surface area (Å²) in [4.78, 5) is 20.1. The molecule has 1 aliphatic heterocycles. The molecule has 4 aromatic rings. The maximum Gasteiger partial charge on any atom is 0.301 e. The molecule has 0 spiro atoms. The van der Waals surface area contributed by atoms with Gasteiger partial charge in [-0.1, -0.05) is 4.52 Å². The number of hydrogen-bond donors (Lipinski definition) is 0. The summed E-state index contributed by atoms with van der Waals surface area (Å²) >= 11 is 0. The van der Waals surface area contributed by atoms with Gasteiger partial charge in [-0.25, -0.2) is 13.2 Å². The number of aryl methyl sites for hydroxylation is 2. The minimum atomic E-state index is -1.50. The van der Waals surface area contributed by atoms with E-state index in [1.807, 2.05) is 18.5 Å². The lowest BCUT2D eigenvalue weighted by atomic mass is 9.95. The predicted molar refractivity (Wildman–Crippen MR) is 118 cm³/mol. The Morgan fingerprint density at radius 3 is 2.57 bits per heavy atom. The van der Waals surface area contributed by atoms with Crippen molar-refractivity contribution in [1.29, 1.82) is 0 Å². The van der Waals surface area contributed by atoms with Crippen molar-refractivity contribution in [3.8, 4) is 11.3 Å². The lowest BCUT2D eigenvalue weighted by molar-refractivity contribution is -0.759. The minimum absolute atomic E-state index is 0.160. The highest BCUT2D eigenvalue weighted by Crippen LogP contribution is 2.37. The molecule has 4 heterocycles. The molecule has 0 N–H and O–H groups in total. The summed E-state index contributed by atoms with van der Waals surface area (Å²) in [6.45, 7) is 4.13. The van der Waals surface area contributed by atoms with Gasteiger partial charge in [-0.3, -0.25) is 14.5 Å². The Kier molecular flexibility index (Phi) is 4.74. The van der Waals surface area contributed by atoms with Crippen LogP contribution in [0.2, 0.25) is 0 Å². The molecule has 11 heteroatoms. The van der Waals surface area contributed by atoms with Crippen LogP contribution in [0, 0.1) is 24.4 Å². The molecule has 2 aliphatic rings. The Morgan fingerprint density at radius 2 is 1.89 bits per heavy atom. The van der Waals surface area contributed by atoms with Crippen LogP contribution in [0.1, 0.15) is 59.3 Å². The van der Waals surface area contributed by atoms with Gasteiger partial charge in [-0.15, -0.1) is 4.68 Å². The number of carbonyl (C=O) groups is 1. The van der Waals surface area contributed by atoms with E-state index in [1.54, 1.807) is 28.9 Å². The molecule has 0 bridgehead atoms. The average Bonchev–Trinajstić information content (AvgIpc) is 3.50. The fourth-order valence-electron chi connectivity index (χ4n) is 5.11. The van der Waals surface area contributed by atoms with Gasteiger partial charge in [0, 0.05) is 24.7 Å². The summed E-state index contributed by atoms with van der Waals surface area (Å²) in [6.07, 6.45) is 5.77. The standard InChI is InChI=1S/C24H23F3N7O/c1-12-21-23(34(15-4-5-15)30-33(21)9-7-28-12)24(35)32-8-6-16-20(13(32)2)29-31(3)22(16)14-10-17(25)19(27)18(26)11-14/h7,9-11,13,15H,4-6,8H2,1-3H3/q+1/t13-/m0/s1. The van der Waals surface area contributed by atoms with E-state index in [-0.39, 0.29) is 23.6 Å². The van der Waals surface area contributed by atoms with Crippen LogP contribution < -0.4 is 4.68 Å². The molecule has 1 fully saturated rings. The highest BCUT2D eigenvalue weighted by Gasteiger charge is 2.43. The van der Waals surface area contributed by atoms with Crippen molar-refractivity contribution in [3.05, 3.63) is 64.6 Å². The Labute approximate surface area is 198 Å². The van der Waals surface area contributed by atoms with Crippen LogP contribution in [0.5, 0.6) is 0 Å². The van der Waals surface area contributed by atoms with Crippen molar-refractivity contribution in [3.63, 3.8) is 0 Å². The number of aromatic nitrogens is 6. The van der Waals surface area contributed by atoms with Gasteiger partial charge in [0.2, 0.25) is 5.52 Å². The Balaban J connectivity index is 1.42. The van der Waals surface area contributed by atoms with E-state index in [2.05, 4.69) is 15.3 Å². The van der Waals surface area contributed by atoms with Crippen LogP contribution in [0.25, 0.3) is 16.8 Å². The normalized spacial score (nSPS) is 17.8. The average molecular weight is 482 g/mol. The number of hydrogen-bond acceptors (Lipinski definition) is 4. The molecule has 1 amide bonds. The molecule has 0 unspecified atom stereocenters. The second-order valence-electron chi connectivity index (χ2n) is 9.23. The van der Waals surface area contributed by atoms with Gasteiger partial charge in [0.15, 0.2) is 17.5 Å². The lowest BCUT2D eigenvalue weighted by Gasteiger charge is -2.32. The first-order chi connectivity index (χ1) is 16.8. The molecule has 0 saturated heterocycles.